The molecule has 0 atom stereocenters. The van der Waals surface area contributed by atoms with Gasteiger partial charge < -0.3 is 5.73 Å². The fraction of sp³-hybridized carbons (Fsp3) is 0. The lowest BCUT2D eigenvalue weighted by atomic mass is 10.2. The van der Waals surface area contributed by atoms with E-state index in [1.165, 1.54) is 0 Å². The van der Waals surface area contributed by atoms with E-state index in [2.05, 4.69) is 9.97 Å². The predicted molar refractivity (Wildman–Crippen MR) is 49.0 cm³/mol. The minimum atomic E-state index is 0.431. The average molecular weight is 180 g/mol. The van der Waals surface area contributed by atoms with E-state index in [-0.39, 0.29) is 0 Å². The maximum atomic E-state index is 5.68. The largest absolute Gasteiger partial charge is 0.398 e. The van der Waals surface area contributed by atoms with E-state index in [1.54, 1.807) is 24.5 Å². The Kier molecular flexibility index (Phi) is 1.59. The van der Waals surface area contributed by atoms with Crippen molar-refractivity contribution in [2.45, 2.75) is 0 Å². The van der Waals surface area contributed by atoms with Gasteiger partial charge in [-0.15, -0.1) is 0 Å². The highest BCUT2D eigenvalue weighted by Gasteiger charge is 1.98. The second kappa shape index (κ2) is 2.60. The Balaban J connectivity index is 2.86. The summed E-state index contributed by atoms with van der Waals surface area (Å²) in [6, 6.07) is 3.42. The molecule has 0 aliphatic carbocycles. The van der Waals surface area contributed by atoms with E-state index in [1.807, 2.05) is 0 Å². The Bertz CT molecular complexity index is 428. The lowest BCUT2D eigenvalue weighted by Crippen LogP contribution is -1.89. The molecular formula is C8H6ClN3. The van der Waals surface area contributed by atoms with Crippen molar-refractivity contribution in [3.8, 4) is 0 Å². The quantitative estimate of drug-likeness (QED) is 0.628. The van der Waals surface area contributed by atoms with Gasteiger partial charge in [-0.3, -0.25) is 4.98 Å². The number of nitrogen functional groups attached to an aromatic ring is 1. The summed E-state index contributed by atoms with van der Waals surface area (Å²) in [4.78, 5) is 8.01. The fourth-order valence-corrected chi connectivity index (χ4v) is 1.19. The molecule has 2 aromatic rings. The minimum Gasteiger partial charge on any atom is -0.398 e. The number of nitrogens with two attached hydrogens (primary N) is 1. The van der Waals surface area contributed by atoms with Gasteiger partial charge in [0, 0.05) is 29.5 Å². The van der Waals surface area contributed by atoms with Gasteiger partial charge in [-0.2, -0.15) is 0 Å². The molecule has 2 N–H and O–H groups in total. The second-order valence-corrected chi connectivity index (χ2v) is 2.81. The normalized spacial score (nSPS) is 10.4. The summed E-state index contributed by atoms with van der Waals surface area (Å²) in [5, 5.41) is 1.27. The van der Waals surface area contributed by atoms with Gasteiger partial charge in [-0.1, -0.05) is 11.6 Å². The fourth-order valence-electron chi connectivity index (χ4n) is 1.04. The molecule has 2 heterocycles. The first-order valence-electron chi connectivity index (χ1n) is 3.43. The molecule has 2 aromatic heterocycles. The molecule has 0 spiro atoms. The van der Waals surface area contributed by atoms with Crippen LogP contribution in [0.1, 0.15) is 0 Å². The standard InChI is InChI=1S/C8H6ClN3/c9-8-3-7-5(4-12-8)6(10)1-2-11-7/h1-4H,(H2,10,11). The molecular weight excluding hydrogens is 174 g/mol. The first-order valence-corrected chi connectivity index (χ1v) is 3.81. The summed E-state index contributed by atoms with van der Waals surface area (Å²) < 4.78 is 0. The van der Waals surface area contributed by atoms with E-state index in [4.69, 9.17) is 17.3 Å². The zero-order chi connectivity index (χ0) is 8.55. The molecule has 0 bridgehead atoms. The van der Waals surface area contributed by atoms with Crippen LogP contribution in [0, 0.1) is 0 Å². The van der Waals surface area contributed by atoms with Gasteiger partial charge in [-0.25, -0.2) is 4.98 Å². The third-order valence-corrected chi connectivity index (χ3v) is 1.83. The summed E-state index contributed by atoms with van der Waals surface area (Å²) in [6.45, 7) is 0. The molecule has 2 rings (SSSR count). The predicted octanol–water partition coefficient (Wildman–Crippen LogP) is 1.87. The number of nitrogens with zero attached hydrogens (tertiary/aromatic N) is 2. The van der Waals surface area contributed by atoms with Crippen LogP contribution in [0.2, 0.25) is 5.15 Å². The molecule has 0 radical (unpaired) electrons. The highest BCUT2D eigenvalue weighted by atomic mass is 35.5. The minimum absolute atomic E-state index is 0.431. The van der Waals surface area contributed by atoms with Crippen molar-refractivity contribution in [3.05, 3.63) is 29.7 Å². The zero-order valence-corrected chi connectivity index (χ0v) is 6.92. The van der Waals surface area contributed by atoms with Crippen LogP contribution in [0.4, 0.5) is 5.69 Å². The molecule has 3 nitrogen and oxygen atoms in total. The van der Waals surface area contributed by atoms with Crippen LogP contribution in [0.3, 0.4) is 0 Å². The van der Waals surface area contributed by atoms with Crippen molar-refractivity contribution in [2.24, 2.45) is 0 Å². The summed E-state index contributed by atoms with van der Waals surface area (Å²) in [5.41, 5.74) is 7.13. The van der Waals surface area contributed by atoms with Crippen LogP contribution in [-0.4, -0.2) is 9.97 Å². The Morgan fingerprint density at radius 2 is 2.17 bits per heavy atom. The van der Waals surface area contributed by atoms with Gasteiger partial charge in [0.25, 0.3) is 0 Å². The summed E-state index contributed by atoms with van der Waals surface area (Å²) in [7, 11) is 0. The number of pyridine rings is 2. The van der Waals surface area contributed by atoms with Crippen molar-refractivity contribution < 1.29 is 0 Å². The van der Waals surface area contributed by atoms with Crippen LogP contribution < -0.4 is 5.73 Å². The van der Waals surface area contributed by atoms with Gasteiger partial charge >= 0.3 is 0 Å². The molecule has 0 saturated heterocycles. The van der Waals surface area contributed by atoms with Gasteiger partial charge in [0.2, 0.25) is 0 Å². The Morgan fingerprint density at radius 1 is 1.33 bits per heavy atom. The Morgan fingerprint density at radius 3 is 3.00 bits per heavy atom. The van der Waals surface area contributed by atoms with Crippen LogP contribution in [-0.2, 0) is 0 Å². The maximum Gasteiger partial charge on any atom is 0.131 e. The molecule has 60 valence electrons. The Hall–Kier alpha value is -1.35. The molecule has 12 heavy (non-hydrogen) atoms. The van der Waals surface area contributed by atoms with Crippen molar-refractivity contribution in [3.63, 3.8) is 0 Å². The topological polar surface area (TPSA) is 51.8 Å². The molecule has 0 aromatic carbocycles. The number of rotatable bonds is 0. The molecule has 0 unspecified atom stereocenters. The summed E-state index contributed by atoms with van der Waals surface area (Å²) in [5.74, 6) is 0. The monoisotopic (exact) mass is 179 g/mol. The molecule has 0 amide bonds. The molecule has 0 saturated carbocycles. The number of hydrogen-bond acceptors (Lipinski definition) is 3. The Labute approximate surface area is 74.2 Å². The third kappa shape index (κ3) is 1.08. The number of anilines is 1. The second-order valence-electron chi connectivity index (χ2n) is 2.42. The maximum absolute atomic E-state index is 5.68. The molecule has 0 aliphatic heterocycles. The van der Waals surface area contributed by atoms with Crippen LogP contribution >= 0.6 is 11.6 Å². The van der Waals surface area contributed by atoms with E-state index >= 15 is 0 Å². The summed E-state index contributed by atoms with van der Waals surface area (Å²) >= 11 is 5.68. The molecule has 4 heteroatoms. The zero-order valence-electron chi connectivity index (χ0n) is 6.16. The first-order chi connectivity index (χ1) is 5.77. The van der Waals surface area contributed by atoms with E-state index in [0.29, 0.717) is 10.8 Å². The number of aromatic nitrogens is 2. The van der Waals surface area contributed by atoms with Crippen LogP contribution in [0.25, 0.3) is 10.9 Å². The van der Waals surface area contributed by atoms with E-state index < -0.39 is 0 Å². The van der Waals surface area contributed by atoms with E-state index in [0.717, 1.165) is 10.9 Å². The lowest BCUT2D eigenvalue weighted by molar-refractivity contribution is 1.33. The average Bonchev–Trinajstić information content (AvgIpc) is 2.04. The molecule has 0 aliphatic rings. The van der Waals surface area contributed by atoms with Crippen molar-refractivity contribution in [1.29, 1.82) is 0 Å². The van der Waals surface area contributed by atoms with Crippen LogP contribution in [0.15, 0.2) is 24.5 Å². The highest BCUT2D eigenvalue weighted by Crippen LogP contribution is 2.19. The van der Waals surface area contributed by atoms with Crippen molar-refractivity contribution in [1.82, 2.24) is 9.97 Å². The lowest BCUT2D eigenvalue weighted by Gasteiger charge is -1.99. The number of halogens is 1. The van der Waals surface area contributed by atoms with Crippen molar-refractivity contribution in [2.75, 3.05) is 5.73 Å². The highest BCUT2D eigenvalue weighted by molar-refractivity contribution is 6.30. The van der Waals surface area contributed by atoms with Crippen molar-refractivity contribution >= 4 is 28.2 Å². The summed E-state index contributed by atoms with van der Waals surface area (Å²) in [6.07, 6.45) is 3.27. The SMILES string of the molecule is Nc1ccnc2cc(Cl)ncc12. The van der Waals surface area contributed by atoms with Gasteiger partial charge in [0.1, 0.15) is 5.15 Å². The van der Waals surface area contributed by atoms with Crippen LogP contribution in [0.5, 0.6) is 0 Å². The molecule has 0 fully saturated rings. The third-order valence-electron chi connectivity index (χ3n) is 1.63. The smallest absolute Gasteiger partial charge is 0.131 e. The number of hydrogen-bond donors (Lipinski definition) is 1. The van der Waals surface area contributed by atoms with Gasteiger partial charge in [-0.05, 0) is 6.07 Å². The van der Waals surface area contributed by atoms with Gasteiger partial charge in [0.15, 0.2) is 0 Å². The number of fused-ring (bicyclic) bond motifs is 1. The first kappa shape index (κ1) is 7.31. The van der Waals surface area contributed by atoms with Gasteiger partial charge in [0.05, 0.1) is 5.52 Å². The van der Waals surface area contributed by atoms with E-state index in [9.17, 15) is 0 Å².